The highest BCUT2D eigenvalue weighted by Crippen LogP contribution is 2.17. The molecule has 9 heteroatoms. The summed E-state index contributed by atoms with van der Waals surface area (Å²) in [7, 11) is 1.54. The van der Waals surface area contributed by atoms with E-state index in [1.54, 1.807) is 23.4 Å². The van der Waals surface area contributed by atoms with Gasteiger partial charge in [0.15, 0.2) is 0 Å². The summed E-state index contributed by atoms with van der Waals surface area (Å²) in [6, 6.07) is 1.77. The fourth-order valence-corrected chi connectivity index (χ4v) is 2.47. The molecule has 0 aromatic carbocycles. The number of carbonyl (C=O) groups excluding carboxylic acids is 1. The van der Waals surface area contributed by atoms with Gasteiger partial charge in [0.1, 0.15) is 5.60 Å². The largest absolute Gasteiger partial charge is 0.481 e. The molecule has 1 fully saturated rings. The lowest BCUT2D eigenvalue weighted by molar-refractivity contribution is 0.0207. The van der Waals surface area contributed by atoms with E-state index in [-0.39, 0.29) is 12.1 Å². The van der Waals surface area contributed by atoms with Crippen LogP contribution in [0.15, 0.2) is 29.2 Å². The summed E-state index contributed by atoms with van der Waals surface area (Å²) in [5, 5.41) is 3.00. The van der Waals surface area contributed by atoms with Crippen LogP contribution in [0.1, 0.15) is 33.6 Å². The van der Waals surface area contributed by atoms with Crippen molar-refractivity contribution in [2.45, 2.75) is 45.3 Å². The zero-order chi connectivity index (χ0) is 19.9. The number of hydrogen-bond acceptors (Lipinski definition) is 8. The highest BCUT2D eigenvalue weighted by atomic mass is 16.6. The van der Waals surface area contributed by atoms with E-state index >= 15 is 0 Å². The zero-order valence-corrected chi connectivity index (χ0v) is 16.3. The second-order valence-electron chi connectivity index (χ2n) is 7.15. The van der Waals surface area contributed by atoms with Gasteiger partial charge in [-0.3, -0.25) is 4.99 Å². The molecule has 0 spiro atoms. The lowest BCUT2D eigenvalue weighted by Gasteiger charge is -2.32. The number of hydrogen-bond donors (Lipinski definition) is 2. The lowest BCUT2D eigenvalue weighted by atomic mass is 10.1. The number of likely N-dealkylation sites (tertiary alicyclic amines) is 1. The van der Waals surface area contributed by atoms with Gasteiger partial charge in [-0.25, -0.2) is 9.78 Å². The first-order valence-corrected chi connectivity index (χ1v) is 8.88. The lowest BCUT2D eigenvalue weighted by Crippen LogP contribution is -2.42. The summed E-state index contributed by atoms with van der Waals surface area (Å²) in [6.45, 7) is 6.82. The van der Waals surface area contributed by atoms with Crippen molar-refractivity contribution in [2.75, 3.05) is 25.5 Å². The normalized spacial score (nSPS) is 16.4. The number of amides is 1. The summed E-state index contributed by atoms with van der Waals surface area (Å²) in [5.41, 5.74) is 5.75. The first-order valence-electron chi connectivity index (χ1n) is 8.88. The maximum Gasteiger partial charge on any atom is 0.410 e. The fraction of sp³-hybridized carbons (Fsp3) is 0.556. The van der Waals surface area contributed by atoms with Gasteiger partial charge in [0.2, 0.25) is 11.8 Å². The molecule has 0 aliphatic carbocycles. The molecule has 0 atom stereocenters. The number of carbonyl (C=O) groups is 1. The van der Waals surface area contributed by atoms with E-state index in [9.17, 15) is 4.79 Å². The van der Waals surface area contributed by atoms with Gasteiger partial charge in [0.05, 0.1) is 18.8 Å². The number of nitrogens with two attached hydrogens (primary N) is 1. The number of nitrogens with zero attached hydrogens (tertiary/aromatic N) is 4. The molecule has 0 unspecified atom stereocenters. The van der Waals surface area contributed by atoms with Crippen LogP contribution in [0.4, 0.5) is 10.7 Å². The molecule has 1 aliphatic heterocycles. The van der Waals surface area contributed by atoms with Gasteiger partial charge in [-0.2, -0.15) is 4.98 Å². The molecular formula is C18H28N6O3. The first kappa shape index (κ1) is 20.5. The van der Waals surface area contributed by atoms with Crippen LogP contribution in [0.25, 0.3) is 0 Å². The van der Waals surface area contributed by atoms with Crippen LogP contribution >= 0.6 is 0 Å². The van der Waals surface area contributed by atoms with Crippen molar-refractivity contribution >= 4 is 18.3 Å². The van der Waals surface area contributed by atoms with Crippen LogP contribution < -0.4 is 15.8 Å². The number of rotatable bonds is 5. The van der Waals surface area contributed by atoms with Crippen molar-refractivity contribution in [3.05, 3.63) is 24.2 Å². The van der Waals surface area contributed by atoms with Crippen molar-refractivity contribution < 1.29 is 14.3 Å². The van der Waals surface area contributed by atoms with Gasteiger partial charge >= 0.3 is 6.09 Å². The van der Waals surface area contributed by atoms with Crippen LogP contribution in [-0.2, 0) is 4.74 Å². The number of methoxy groups -OCH3 is 1. The van der Waals surface area contributed by atoms with Gasteiger partial charge < -0.3 is 25.4 Å². The maximum absolute atomic E-state index is 12.1. The Balaban J connectivity index is 1.86. The predicted octanol–water partition coefficient (Wildman–Crippen LogP) is 2.17. The van der Waals surface area contributed by atoms with E-state index in [2.05, 4.69) is 20.3 Å². The average Bonchev–Trinajstić information content (AvgIpc) is 2.64. The molecule has 1 aromatic rings. The Hall–Kier alpha value is -2.84. The minimum atomic E-state index is -0.485. The molecule has 1 amide bonds. The Kier molecular flexibility index (Phi) is 6.98. The van der Waals surface area contributed by atoms with E-state index in [4.69, 9.17) is 15.2 Å². The van der Waals surface area contributed by atoms with E-state index in [1.165, 1.54) is 13.3 Å². The van der Waals surface area contributed by atoms with Gasteiger partial charge in [-0.1, -0.05) is 0 Å². The number of aliphatic imine (C=N–C) groups is 1. The van der Waals surface area contributed by atoms with Crippen LogP contribution in [0, 0.1) is 0 Å². The monoisotopic (exact) mass is 376 g/mol. The third kappa shape index (κ3) is 6.76. The molecule has 148 valence electrons. The van der Waals surface area contributed by atoms with E-state index in [0.717, 1.165) is 12.8 Å². The minimum Gasteiger partial charge on any atom is -0.481 e. The maximum atomic E-state index is 12.1. The molecule has 3 N–H and O–H groups in total. The smallest absolute Gasteiger partial charge is 0.410 e. The van der Waals surface area contributed by atoms with Crippen molar-refractivity contribution in [1.29, 1.82) is 0 Å². The molecular weight excluding hydrogens is 348 g/mol. The Labute approximate surface area is 159 Å². The third-order valence-corrected chi connectivity index (χ3v) is 3.82. The highest BCUT2D eigenvalue weighted by molar-refractivity contribution is 5.82. The van der Waals surface area contributed by atoms with Crippen molar-refractivity contribution in [3.8, 4) is 5.88 Å². The molecule has 0 radical (unpaired) electrons. The number of anilines is 1. The van der Waals surface area contributed by atoms with E-state index in [1.807, 2.05) is 20.8 Å². The molecule has 27 heavy (non-hydrogen) atoms. The number of piperidine rings is 1. The zero-order valence-electron chi connectivity index (χ0n) is 16.3. The van der Waals surface area contributed by atoms with E-state index in [0.29, 0.717) is 30.6 Å². The second kappa shape index (κ2) is 9.20. The first-order chi connectivity index (χ1) is 12.8. The summed E-state index contributed by atoms with van der Waals surface area (Å²) in [5.74, 6) is 0.826. The van der Waals surface area contributed by atoms with Crippen LogP contribution in [-0.4, -0.2) is 59.0 Å². The van der Waals surface area contributed by atoms with E-state index < -0.39 is 5.60 Å². The van der Waals surface area contributed by atoms with Gasteiger partial charge in [0, 0.05) is 37.8 Å². The molecule has 0 saturated carbocycles. The molecule has 2 heterocycles. The van der Waals surface area contributed by atoms with Gasteiger partial charge in [0.25, 0.3) is 0 Å². The van der Waals surface area contributed by atoms with Crippen molar-refractivity contribution in [1.82, 2.24) is 14.9 Å². The fourth-order valence-electron chi connectivity index (χ4n) is 2.47. The highest BCUT2D eigenvalue weighted by Gasteiger charge is 2.26. The van der Waals surface area contributed by atoms with Gasteiger partial charge in [-0.05, 0) is 33.6 Å². The summed E-state index contributed by atoms with van der Waals surface area (Å²) < 4.78 is 10.5. The molecule has 0 bridgehead atoms. The number of ether oxygens (including phenoxy) is 2. The SMILES string of the molecule is COc1ccnc(NC(C=NC2CCN(C(=O)OC(C)(C)C)CC2)=CN)n1. The Morgan fingerprint density at radius 2 is 2.11 bits per heavy atom. The topological polar surface area (TPSA) is 115 Å². The Bertz CT molecular complexity index is 691. The van der Waals surface area contributed by atoms with Crippen molar-refractivity contribution in [3.63, 3.8) is 0 Å². The number of nitrogens with one attached hydrogen (secondary N) is 1. The molecule has 2 rings (SSSR count). The number of aromatic nitrogens is 2. The Morgan fingerprint density at radius 3 is 2.70 bits per heavy atom. The molecule has 9 nitrogen and oxygen atoms in total. The van der Waals surface area contributed by atoms with Gasteiger partial charge in [-0.15, -0.1) is 0 Å². The minimum absolute atomic E-state index is 0.117. The van der Waals surface area contributed by atoms with Crippen LogP contribution in [0.2, 0.25) is 0 Å². The predicted molar refractivity (Wildman–Crippen MR) is 104 cm³/mol. The number of allylic oxidation sites excluding steroid dienone is 1. The van der Waals surface area contributed by atoms with Crippen molar-refractivity contribution in [2.24, 2.45) is 10.7 Å². The third-order valence-electron chi connectivity index (χ3n) is 3.82. The average molecular weight is 376 g/mol. The summed E-state index contributed by atoms with van der Waals surface area (Å²) in [6.07, 6.45) is 5.92. The summed E-state index contributed by atoms with van der Waals surface area (Å²) in [4.78, 5) is 26.7. The molecule has 1 aromatic heterocycles. The second-order valence-corrected chi connectivity index (χ2v) is 7.15. The Morgan fingerprint density at radius 1 is 1.41 bits per heavy atom. The summed E-state index contributed by atoms with van der Waals surface area (Å²) >= 11 is 0. The van der Waals surface area contributed by atoms with Crippen LogP contribution in [0.3, 0.4) is 0 Å². The molecule has 1 aliphatic rings. The standard InChI is InChI=1S/C18H28N6O3/c1-18(2,3)27-17(25)24-9-6-13(7-10-24)21-12-14(11-19)22-16-20-8-5-15(23-16)26-4/h5,8,11-13H,6-7,9-10,19H2,1-4H3,(H,20,22,23). The van der Waals surface area contributed by atoms with Crippen LogP contribution in [0.5, 0.6) is 5.88 Å². The quantitative estimate of drug-likeness (QED) is 0.757. The molecule has 1 saturated heterocycles.